The van der Waals surface area contributed by atoms with Crippen LogP contribution in [0.5, 0.6) is 5.75 Å². The quantitative estimate of drug-likeness (QED) is 0.458. The highest BCUT2D eigenvalue weighted by Crippen LogP contribution is 2.33. The van der Waals surface area contributed by atoms with Gasteiger partial charge in [0.1, 0.15) is 29.2 Å². The third-order valence-electron chi connectivity index (χ3n) is 6.89. The Bertz CT molecular complexity index is 1320. The van der Waals surface area contributed by atoms with Crippen molar-refractivity contribution in [1.82, 2.24) is 30.0 Å². The fourth-order valence-electron chi connectivity index (χ4n) is 5.07. The summed E-state index contributed by atoms with van der Waals surface area (Å²) in [6, 6.07) is 9.58. The molecule has 34 heavy (non-hydrogen) atoms. The van der Waals surface area contributed by atoms with Crippen molar-refractivity contribution in [2.45, 2.75) is 38.6 Å². The Balaban J connectivity index is 1.23. The zero-order valence-electron chi connectivity index (χ0n) is 19.1. The van der Waals surface area contributed by atoms with Crippen LogP contribution in [0.2, 0.25) is 0 Å². The number of imidazole rings is 1. The molecule has 0 amide bonds. The third-order valence-corrected chi connectivity index (χ3v) is 6.89. The Morgan fingerprint density at radius 3 is 2.68 bits per heavy atom. The third kappa shape index (κ3) is 3.84. The van der Waals surface area contributed by atoms with Crippen molar-refractivity contribution in [3.05, 3.63) is 65.0 Å². The number of aromatic nitrogens is 4. The van der Waals surface area contributed by atoms with Crippen molar-refractivity contribution in [3.8, 4) is 17.3 Å². The fraction of sp³-hybridized carbons (Fsp3) is 0.360. The zero-order valence-corrected chi connectivity index (χ0v) is 19.1. The summed E-state index contributed by atoms with van der Waals surface area (Å²) in [5.74, 6) is 0.0737. The molecule has 0 radical (unpaired) electrons. The van der Waals surface area contributed by atoms with Gasteiger partial charge in [0, 0.05) is 37.1 Å². The van der Waals surface area contributed by atoms with Crippen molar-refractivity contribution in [2.24, 2.45) is 0 Å². The molecule has 2 unspecified atom stereocenters. The molecule has 0 bridgehead atoms. The molecule has 2 aliphatic rings. The average molecular weight is 465 g/mol. The second-order valence-electron chi connectivity index (χ2n) is 9.36. The predicted octanol–water partition coefficient (Wildman–Crippen LogP) is 4.39. The number of halogens is 2. The largest absolute Gasteiger partial charge is 0.486 e. The molecule has 9 heteroatoms. The number of likely N-dealkylation sites (tertiary alicyclic amines) is 1. The Kier molecular flexibility index (Phi) is 5.11. The lowest BCUT2D eigenvalue weighted by atomic mass is 10.1. The second-order valence-corrected chi connectivity index (χ2v) is 9.36. The van der Waals surface area contributed by atoms with E-state index in [0.717, 1.165) is 66.1 Å². The van der Waals surface area contributed by atoms with Crippen LogP contribution >= 0.6 is 0 Å². The van der Waals surface area contributed by atoms with E-state index in [1.807, 2.05) is 18.2 Å². The van der Waals surface area contributed by atoms with E-state index < -0.39 is 17.7 Å². The molecule has 1 saturated heterocycles. The van der Waals surface area contributed by atoms with Gasteiger partial charge in [0.2, 0.25) is 0 Å². The highest BCUT2D eigenvalue weighted by atomic mass is 19.1. The number of aromatic amines is 2. The smallest absolute Gasteiger partial charge is 0.159 e. The predicted molar refractivity (Wildman–Crippen MR) is 124 cm³/mol. The van der Waals surface area contributed by atoms with E-state index in [4.69, 9.17) is 9.72 Å². The van der Waals surface area contributed by atoms with Gasteiger partial charge in [-0.25, -0.2) is 13.8 Å². The number of rotatable bonds is 5. The number of nitrogens with one attached hydrogen (secondary N) is 2. The zero-order chi connectivity index (χ0) is 23.4. The molecule has 2 atom stereocenters. The highest BCUT2D eigenvalue weighted by molar-refractivity contribution is 5.92. The standard InChI is InChI=1S/C25H26F2N6O/c1-14(15-7-16(26)9-17(27)8-15)34-19-3-4-21-20(10-19)24(31-30-21)25-28-22-12-33(13-23(22)29-25)18-5-6-32(2)11-18/h3-4,7-10,14,18H,5-6,11-13H2,1-2H3,(H,28,29)(H,30,31). The van der Waals surface area contributed by atoms with Crippen LogP contribution in [0, 0.1) is 11.6 Å². The summed E-state index contributed by atoms with van der Waals surface area (Å²) < 4.78 is 33.2. The van der Waals surface area contributed by atoms with Gasteiger partial charge in [0.25, 0.3) is 0 Å². The van der Waals surface area contributed by atoms with Gasteiger partial charge in [-0.1, -0.05) is 0 Å². The SMILES string of the molecule is CC(Oc1ccc2[nH]nc(-c3nc4c([nH]3)CN(C3CCN(C)C3)C4)c2c1)c1cc(F)cc(F)c1. The van der Waals surface area contributed by atoms with E-state index in [1.54, 1.807) is 6.92 Å². The van der Waals surface area contributed by atoms with Crippen molar-refractivity contribution in [1.29, 1.82) is 0 Å². The summed E-state index contributed by atoms with van der Waals surface area (Å²) in [5.41, 5.74) is 4.25. The van der Waals surface area contributed by atoms with Crippen molar-refractivity contribution < 1.29 is 13.5 Å². The molecule has 0 saturated carbocycles. The summed E-state index contributed by atoms with van der Waals surface area (Å²) in [7, 11) is 2.17. The Labute approximate surface area is 195 Å². The van der Waals surface area contributed by atoms with E-state index in [2.05, 4.69) is 32.0 Å². The summed E-state index contributed by atoms with van der Waals surface area (Å²) >= 11 is 0. The number of hydrogen-bond donors (Lipinski definition) is 2. The molecule has 176 valence electrons. The first-order chi connectivity index (χ1) is 16.4. The maximum absolute atomic E-state index is 13.6. The van der Waals surface area contributed by atoms with Gasteiger partial charge < -0.3 is 14.6 Å². The van der Waals surface area contributed by atoms with Gasteiger partial charge >= 0.3 is 0 Å². The van der Waals surface area contributed by atoms with Crippen molar-refractivity contribution in [2.75, 3.05) is 20.1 Å². The average Bonchev–Trinajstić information content (AvgIpc) is 3.55. The van der Waals surface area contributed by atoms with Gasteiger partial charge in [0.05, 0.1) is 16.9 Å². The highest BCUT2D eigenvalue weighted by Gasteiger charge is 2.32. The molecule has 2 aromatic carbocycles. The number of fused-ring (bicyclic) bond motifs is 2. The summed E-state index contributed by atoms with van der Waals surface area (Å²) in [6.45, 7) is 5.73. The Morgan fingerprint density at radius 1 is 1.12 bits per heavy atom. The molecule has 0 spiro atoms. The van der Waals surface area contributed by atoms with Crippen LogP contribution in [-0.2, 0) is 13.1 Å². The van der Waals surface area contributed by atoms with Crippen LogP contribution in [0.1, 0.15) is 36.4 Å². The normalized spacial score (nSPS) is 19.7. The molecular formula is C25H26F2N6O. The molecule has 2 aliphatic heterocycles. The minimum Gasteiger partial charge on any atom is -0.486 e. The molecule has 0 aliphatic carbocycles. The Hall–Kier alpha value is -3.30. The van der Waals surface area contributed by atoms with Gasteiger partial charge in [-0.15, -0.1) is 0 Å². The first-order valence-corrected chi connectivity index (χ1v) is 11.5. The first kappa shape index (κ1) is 21.2. The van der Waals surface area contributed by atoms with E-state index in [-0.39, 0.29) is 0 Å². The summed E-state index contributed by atoms with van der Waals surface area (Å²) in [6.07, 6.45) is 0.673. The summed E-state index contributed by atoms with van der Waals surface area (Å²) in [5, 5.41) is 8.42. The van der Waals surface area contributed by atoms with Crippen LogP contribution in [-0.4, -0.2) is 56.1 Å². The molecular weight excluding hydrogens is 438 g/mol. The maximum Gasteiger partial charge on any atom is 0.159 e. The molecule has 2 N–H and O–H groups in total. The number of H-pyrrole nitrogens is 2. The lowest BCUT2D eigenvalue weighted by Gasteiger charge is -2.22. The molecule has 7 nitrogen and oxygen atoms in total. The molecule has 4 aromatic rings. The van der Waals surface area contributed by atoms with Crippen LogP contribution in [0.3, 0.4) is 0 Å². The van der Waals surface area contributed by atoms with Crippen LogP contribution in [0.4, 0.5) is 8.78 Å². The molecule has 4 heterocycles. The van der Waals surface area contributed by atoms with E-state index in [0.29, 0.717) is 17.4 Å². The Morgan fingerprint density at radius 2 is 1.94 bits per heavy atom. The second kappa shape index (κ2) is 8.18. The topological polar surface area (TPSA) is 73.1 Å². The van der Waals surface area contributed by atoms with Crippen molar-refractivity contribution in [3.63, 3.8) is 0 Å². The number of likely N-dealkylation sites (N-methyl/N-ethyl adjacent to an activating group) is 1. The van der Waals surface area contributed by atoms with E-state index in [9.17, 15) is 8.78 Å². The molecule has 6 rings (SSSR count). The molecule has 1 fully saturated rings. The maximum atomic E-state index is 13.6. The van der Waals surface area contributed by atoms with E-state index >= 15 is 0 Å². The minimum atomic E-state index is -0.623. The van der Waals surface area contributed by atoms with Crippen molar-refractivity contribution >= 4 is 10.9 Å². The summed E-state index contributed by atoms with van der Waals surface area (Å²) in [4.78, 5) is 13.2. The number of hydrogen-bond acceptors (Lipinski definition) is 5. The number of benzene rings is 2. The minimum absolute atomic E-state index is 0.436. The van der Waals surface area contributed by atoms with E-state index in [1.165, 1.54) is 18.6 Å². The van der Waals surface area contributed by atoms with Gasteiger partial charge in [-0.3, -0.25) is 10.00 Å². The van der Waals surface area contributed by atoms with Gasteiger partial charge in [0.15, 0.2) is 5.82 Å². The van der Waals surface area contributed by atoms with Crippen LogP contribution < -0.4 is 4.74 Å². The monoisotopic (exact) mass is 464 g/mol. The molecule has 2 aromatic heterocycles. The lowest BCUT2D eigenvalue weighted by Crippen LogP contribution is -2.33. The van der Waals surface area contributed by atoms with Crippen LogP contribution in [0.25, 0.3) is 22.4 Å². The fourth-order valence-corrected chi connectivity index (χ4v) is 5.07. The van der Waals surface area contributed by atoms with Gasteiger partial charge in [-0.2, -0.15) is 5.10 Å². The van der Waals surface area contributed by atoms with Gasteiger partial charge in [-0.05, 0) is 62.8 Å². The first-order valence-electron chi connectivity index (χ1n) is 11.5. The van der Waals surface area contributed by atoms with Crippen LogP contribution in [0.15, 0.2) is 36.4 Å². The lowest BCUT2D eigenvalue weighted by molar-refractivity contribution is 0.198. The number of nitrogens with zero attached hydrogens (tertiary/aromatic N) is 4. The number of ether oxygens (including phenoxy) is 1.